The van der Waals surface area contributed by atoms with E-state index in [1.807, 2.05) is 12.3 Å². The average molecular weight is 580 g/mol. The van der Waals surface area contributed by atoms with Gasteiger partial charge in [0, 0.05) is 37.6 Å². The molecule has 17 heteroatoms. The molecule has 1 saturated heterocycles. The Labute approximate surface area is 222 Å². The minimum atomic E-state index is -5.08. The smallest absolute Gasteiger partial charge is 0.475 e. The van der Waals surface area contributed by atoms with Gasteiger partial charge in [-0.25, -0.2) is 28.6 Å². The van der Waals surface area contributed by atoms with Crippen LogP contribution in [0.4, 0.5) is 36.7 Å². The molecule has 0 radical (unpaired) electrons. The minimum Gasteiger partial charge on any atom is -0.475 e. The Morgan fingerprint density at radius 3 is 2.00 bits per heavy atom. The second-order valence-corrected chi connectivity index (χ2v) is 8.14. The Hall–Kier alpha value is -4.28. The summed E-state index contributed by atoms with van der Waals surface area (Å²) in [6.07, 6.45) is -3.60. The van der Waals surface area contributed by atoms with Crippen molar-refractivity contribution in [3.63, 3.8) is 0 Å². The van der Waals surface area contributed by atoms with E-state index in [1.54, 1.807) is 29.2 Å². The molecular formula is C23H23F7N6O4. The molecule has 0 unspecified atom stereocenters. The second-order valence-electron chi connectivity index (χ2n) is 8.14. The van der Waals surface area contributed by atoms with Crippen LogP contribution in [0.5, 0.6) is 0 Å². The van der Waals surface area contributed by atoms with Gasteiger partial charge in [0.2, 0.25) is 5.95 Å². The van der Waals surface area contributed by atoms with Crippen LogP contribution >= 0.6 is 0 Å². The van der Waals surface area contributed by atoms with E-state index in [1.165, 1.54) is 12.1 Å². The van der Waals surface area contributed by atoms with Crippen LogP contribution in [0.1, 0.15) is 6.42 Å². The van der Waals surface area contributed by atoms with Crippen molar-refractivity contribution < 1.29 is 50.5 Å². The van der Waals surface area contributed by atoms with Crippen molar-refractivity contribution in [2.24, 2.45) is 0 Å². The topological polar surface area (TPSA) is 125 Å². The molecule has 0 aliphatic carbocycles. The number of likely N-dealkylation sites (N-methyl/N-ethyl adjacent to an activating group) is 1. The maximum Gasteiger partial charge on any atom is 0.490 e. The Morgan fingerprint density at radius 1 is 0.875 bits per heavy atom. The van der Waals surface area contributed by atoms with Gasteiger partial charge >= 0.3 is 24.3 Å². The van der Waals surface area contributed by atoms with Crippen molar-refractivity contribution in [3.8, 4) is 16.9 Å². The summed E-state index contributed by atoms with van der Waals surface area (Å²) in [6.45, 7) is 3.99. The Kier molecular flexibility index (Phi) is 10.9. The van der Waals surface area contributed by atoms with E-state index in [-0.39, 0.29) is 5.82 Å². The molecule has 4 rings (SSSR count). The number of carboxylic acids is 2. The molecule has 3 heterocycles. The molecule has 40 heavy (non-hydrogen) atoms. The van der Waals surface area contributed by atoms with Crippen LogP contribution in [-0.2, 0) is 9.59 Å². The van der Waals surface area contributed by atoms with E-state index >= 15 is 0 Å². The summed E-state index contributed by atoms with van der Waals surface area (Å²) in [7, 11) is 2.14. The largest absolute Gasteiger partial charge is 0.490 e. The van der Waals surface area contributed by atoms with Crippen LogP contribution in [0.25, 0.3) is 16.9 Å². The van der Waals surface area contributed by atoms with Gasteiger partial charge in [0.05, 0.1) is 17.6 Å². The second kappa shape index (κ2) is 13.7. The molecule has 0 saturated carbocycles. The zero-order valence-electron chi connectivity index (χ0n) is 20.7. The van der Waals surface area contributed by atoms with Gasteiger partial charge in [-0.15, -0.1) is 0 Å². The van der Waals surface area contributed by atoms with E-state index in [4.69, 9.17) is 24.8 Å². The Morgan fingerprint density at radius 2 is 1.45 bits per heavy atom. The number of nitrogens with zero attached hydrogens (tertiary/aromatic N) is 6. The van der Waals surface area contributed by atoms with Gasteiger partial charge in [0.15, 0.2) is 0 Å². The van der Waals surface area contributed by atoms with Crippen LogP contribution in [-0.4, -0.2) is 92.4 Å². The molecular weight excluding hydrogens is 557 g/mol. The van der Waals surface area contributed by atoms with Crippen molar-refractivity contribution in [2.75, 3.05) is 38.1 Å². The first-order valence-corrected chi connectivity index (χ1v) is 11.3. The van der Waals surface area contributed by atoms with Gasteiger partial charge in [-0.3, -0.25) is 0 Å². The van der Waals surface area contributed by atoms with E-state index in [9.17, 15) is 30.7 Å². The van der Waals surface area contributed by atoms with E-state index in [0.29, 0.717) is 0 Å². The number of aromatic nitrogens is 4. The molecule has 2 aromatic heterocycles. The first kappa shape index (κ1) is 31.9. The number of benzene rings is 1. The average Bonchev–Trinajstić information content (AvgIpc) is 3.26. The number of carbonyl (C=O) groups is 2. The van der Waals surface area contributed by atoms with Crippen LogP contribution in [0, 0.1) is 5.82 Å². The molecule has 0 amide bonds. The third-order valence-electron chi connectivity index (χ3n) is 5.10. The van der Waals surface area contributed by atoms with Gasteiger partial charge in [-0.05, 0) is 50.3 Å². The highest BCUT2D eigenvalue weighted by molar-refractivity contribution is 5.73. The summed E-state index contributed by atoms with van der Waals surface area (Å²) in [4.78, 5) is 31.5. The maximum atomic E-state index is 13.1. The van der Waals surface area contributed by atoms with Crippen molar-refractivity contribution in [1.29, 1.82) is 0 Å². The first-order chi connectivity index (χ1) is 18.6. The van der Waals surface area contributed by atoms with Crippen molar-refractivity contribution in [2.45, 2.75) is 18.8 Å². The number of anilines is 1. The Balaban J connectivity index is 0.000000333. The molecule has 0 atom stereocenters. The first-order valence-electron chi connectivity index (χ1n) is 11.3. The van der Waals surface area contributed by atoms with E-state index in [0.717, 1.165) is 55.5 Å². The summed E-state index contributed by atoms with van der Waals surface area (Å²) in [6, 6.07) is 8.14. The molecule has 1 fully saturated rings. The number of halogens is 7. The zero-order chi connectivity index (χ0) is 30.1. The van der Waals surface area contributed by atoms with Gasteiger partial charge in [-0.1, -0.05) is 0 Å². The normalized spacial score (nSPS) is 14.2. The highest BCUT2D eigenvalue weighted by Gasteiger charge is 2.38. The molecule has 1 aromatic carbocycles. The van der Waals surface area contributed by atoms with Crippen molar-refractivity contribution >= 4 is 17.9 Å². The fourth-order valence-electron chi connectivity index (χ4n) is 3.10. The van der Waals surface area contributed by atoms with Crippen LogP contribution in [0.2, 0.25) is 0 Å². The molecule has 1 aliphatic heterocycles. The standard InChI is InChI=1S/C19H21FN6.2C2HF3O2/c1-24-9-2-10-25(12-11-24)19-21-8-7-18(23-19)15-13-22-26(14-15)17-5-3-16(20)4-6-17;2*3-2(4,5)1(6)7/h3-8,13-14H,2,9-12H2,1H3;2*(H,6,7). The molecule has 10 nitrogen and oxygen atoms in total. The quantitative estimate of drug-likeness (QED) is 0.444. The number of hydrogen-bond acceptors (Lipinski definition) is 7. The molecule has 1 aliphatic rings. The summed E-state index contributed by atoms with van der Waals surface area (Å²) < 4.78 is 78.3. The molecule has 2 N–H and O–H groups in total. The molecule has 0 spiro atoms. The molecule has 218 valence electrons. The lowest BCUT2D eigenvalue weighted by Crippen LogP contribution is -2.30. The highest BCUT2D eigenvalue weighted by Crippen LogP contribution is 2.21. The number of aliphatic carboxylic acids is 2. The minimum absolute atomic E-state index is 0.260. The number of rotatable bonds is 3. The van der Waals surface area contributed by atoms with Gasteiger partial charge in [0.1, 0.15) is 5.82 Å². The van der Waals surface area contributed by atoms with Crippen molar-refractivity contribution in [1.82, 2.24) is 24.6 Å². The summed E-state index contributed by atoms with van der Waals surface area (Å²) in [5, 5.41) is 18.6. The van der Waals surface area contributed by atoms with Gasteiger partial charge in [0.25, 0.3) is 0 Å². The zero-order valence-corrected chi connectivity index (χ0v) is 20.7. The maximum absolute atomic E-state index is 13.1. The van der Waals surface area contributed by atoms with Gasteiger partial charge in [-0.2, -0.15) is 31.4 Å². The lowest BCUT2D eigenvalue weighted by molar-refractivity contribution is -0.193. The monoisotopic (exact) mass is 580 g/mol. The van der Waals surface area contributed by atoms with E-state index < -0.39 is 24.3 Å². The fourth-order valence-corrected chi connectivity index (χ4v) is 3.10. The highest BCUT2D eigenvalue weighted by atomic mass is 19.4. The van der Waals surface area contributed by atoms with E-state index in [2.05, 4.69) is 26.9 Å². The van der Waals surface area contributed by atoms with Gasteiger partial charge < -0.3 is 20.0 Å². The molecule has 0 bridgehead atoms. The number of carboxylic acid groups (broad SMARTS) is 2. The van der Waals surface area contributed by atoms with Crippen LogP contribution < -0.4 is 4.90 Å². The SMILES string of the molecule is CN1CCCN(c2nccc(-c3cnn(-c4ccc(F)cc4)c3)n2)CC1.O=C(O)C(F)(F)F.O=C(O)C(F)(F)F. The predicted molar refractivity (Wildman–Crippen MR) is 126 cm³/mol. The lowest BCUT2D eigenvalue weighted by Gasteiger charge is -2.20. The predicted octanol–water partition coefficient (Wildman–Crippen LogP) is 3.88. The third-order valence-corrected chi connectivity index (χ3v) is 5.10. The fraction of sp³-hybridized carbons (Fsp3) is 0.348. The lowest BCUT2D eigenvalue weighted by atomic mass is 10.2. The summed E-state index contributed by atoms with van der Waals surface area (Å²) in [5.74, 6) is -5.02. The molecule has 3 aromatic rings. The number of hydrogen-bond donors (Lipinski definition) is 2. The summed E-state index contributed by atoms with van der Waals surface area (Å²) >= 11 is 0. The summed E-state index contributed by atoms with van der Waals surface area (Å²) in [5.41, 5.74) is 2.55. The third kappa shape index (κ3) is 10.1. The van der Waals surface area contributed by atoms with Crippen molar-refractivity contribution in [3.05, 3.63) is 54.7 Å². The number of alkyl halides is 6. The van der Waals surface area contributed by atoms with Crippen LogP contribution in [0.15, 0.2) is 48.9 Å². The Bertz CT molecular complexity index is 1240. The van der Waals surface area contributed by atoms with Crippen LogP contribution in [0.3, 0.4) is 0 Å².